The highest BCUT2D eigenvalue weighted by Gasteiger charge is 2.13. The molecular formula is C20H26N4O2. The summed E-state index contributed by atoms with van der Waals surface area (Å²) in [4.78, 5) is 20.6. The van der Waals surface area contributed by atoms with Crippen LogP contribution in [-0.4, -0.2) is 29.1 Å². The summed E-state index contributed by atoms with van der Waals surface area (Å²) in [5.74, 6) is 1.06. The number of carbonyl (C=O) groups is 1. The molecule has 2 aromatic rings. The number of hydrogen-bond acceptors (Lipinski definition) is 6. The summed E-state index contributed by atoms with van der Waals surface area (Å²) in [5.41, 5.74) is 2.24. The molecular weight excluding hydrogens is 328 g/mol. The molecule has 1 saturated carbocycles. The first-order chi connectivity index (χ1) is 12.6. The Balaban J connectivity index is 1.69. The number of nitrogens with one attached hydrogen (secondary N) is 2. The van der Waals surface area contributed by atoms with Gasteiger partial charge in [0.05, 0.1) is 12.7 Å². The molecule has 26 heavy (non-hydrogen) atoms. The van der Waals surface area contributed by atoms with Crippen LogP contribution in [0.2, 0.25) is 0 Å². The zero-order valence-corrected chi connectivity index (χ0v) is 15.4. The molecule has 2 N–H and O–H groups in total. The van der Waals surface area contributed by atoms with E-state index in [1.54, 1.807) is 12.1 Å². The van der Waals surface area contributed by atoms with Gasteiger partial charge in [0.1, 0.15) is 5.82 Å². The van der Waals surface area contributed by atoms with Gasteiger partial charge >= 0.3 is 5.97 Å². The number of rotatable bonds is 5. The first-order valence-corrected chi connectivity index (χ1v) is 9.21. The number of methoxy groups -OCH3 is 1. The van der Waals surface area contributed by atoms with E-state index in [0.29, 0.717) is 17.6 Å². The van der Waals surface area contributed by atoms with Crippen molar-refractivity contribution in [3.05, 3.63) is 41.6 Å². The van der Waals surface area contributed by atoms with Gasteiger partial charge in [-0.25, -0.2) is 9.78 Å². The summed E-state index contributed by atoms with van der Waals surface area (Å²) in [6, 6.07) is 9.53. The zero-order chi connectivity index (χ0) is 18.4. The normalized spacial score (nSPS) is 15.2. The van der Waals surface area contributed by atoms with Gasteiger partial charge in [-0.15, -0.1) is 0 Å². The van der Waals surface area contributed by atoms with Crippen LogP contribution in [0.5, 0.6) is 0 Å². The van der Waals surface area contributed by atoms with Crippen LogP contribution in [0.15, 0.2) is 30.3 Å². The second-order valence-electron chi connectivity index (χ2n) is 6.74. The van der Waals surface area contributed by atoms with Crippen LogP contribution in [0, 0.1) is 6.92 Å². The maximum absolute atomic E-state index is 11.5. The van der Waals surface area contributed by atoms with E-state index in [0.717, 1.165) is 17.2 Å². The fourth-order valence-electron chi connectivity index (χ4n) is 3.27. The van der Waals surface area contributed by atoms with Crippen molar-refractivity contribution in [3.63, 3.8) is 0 Å². The highest BCUT2D eigenvalue weighted by molar-refractivity contribution is 5.89. The summed E-state index contributed by atoms with van der Waals surface area (Å²) >= 11 is 0. The lowest BCUT2D eigenvalue weighted by Crippen LogP contribution is -2.19. The van der Waals surface area contributed by atoms with Gasteiger partial charge < -0.3 is 15.4 Å². The summed E-state index contributed by atoms with van der Waals surface area (Å²) in [7, 11) is 1.37. The second kappa shape index (κ2) is 8.65. The van der Waals surface area contributed by atoms with Crippen molar-refractivity contribution in [1.29, 1.82) is 0 Å². The molecule has 1 fully saturated rings. The lowest BCUT2D eigenvalue weighted by molar-refractivity contribution is 0.0601. The average molecular weight is 354 g/mol. The number of nitrogens with zero attached hydrogens (tertiary/aromatic N) is 2. The number of aryl methyl sites for hydroxylation is 1. The van der Waals surface area contributed by atoms with Crippen molar-refractivity contribution in [2.75, 3.05) is 17.7 Å². The molecule has 0 saturated heterocycles. The molecule has 3 rings (SSSR count). The molecule has 0 radical (unpaired) electrons. The highest BCUT2D eigenvalue weighted by Crippen LogP contribution is 2.22. The predicted molar refractivity (Wildman–Crippen MR) is 103 cm³/mol. The van der Waals surface area contributed by atoms with Gasteiger partial charge in [0, 0.05) is 23.5 Å². The van der Waals surface area contributed by atoms with E-state index in [2.05, 4.69) is 20.6 Å². The monoisotopic (exact) mass is 354 g/mol. The van der Waals surface area contributed by atoms with Gasteiger partial charge in [0.15, 0.2) is 0 Å². The van der Waals surface area contributed by atoms with Gasteiger partial charge in [-0.05, 0) is 44.0 Å². The summed E-state index contributed by atoms with van der Waals surface area (Å²) in [5, 5.41) is 6.77. The molecule has 0 atom stereocenters. The summed E-state index contributed by atoms with van der Waals surface area (Å²) < 4.78 is 4.71. The van der Waals surface area contributed by atoms with Gasteiger partial charge in [-0.3, -0.25) is 0 Å². The average Bonchev–Trinajstić information content (AvgIpc) is 2.90. The lowest BCUT2D eigenvalue weighted by atomic mass is 10.1. The summed E-state index contributed by atoms with van der Waals surface area (Å²) in [6.45, 7) is 1.96. The maximum Gasteiger partial charge on any atom is 0.337 e. The van der Waals surface area contributed by atoms with Crippen LogP contribution in [0.25, 0.3) is 0 Å². The third-order valence-corrected chi connectivity index (χ3v) is 4.62. The Kier molecular flexibility index (Phi) is 6.04. The molecule has 0 spiro atoms. The molecule has 0 bridgehead atoms. The SMILES string of the molecule is COC(=O)c1ccc(Nc2nc(C)cc(NC3CCCCCC3)n2)cc1. The van der Waals surface area contributed by atoms with Crippen LogP contribution in [0.4, 0.5) is 17.5 Å². The van der Waals surface area contributed by atoms with E-state index in [9.17, 15) is 4.79 Å². The Morgan fingerprint density at radius 1 is 1.08 bits per heavy atom. The van der Waals surface area contributed by atoms with Crippen LogP contribution >= 0.6 is 0 Å². The number of esters is 1. The van der Waals surface area contributed by atoms with Crippen molar-refractivity contribution in [1.82, 2.24) is 9.97 Å². The Labute approximate surface area is 154 Å². The molecule has 0 unspecified atom stereocenters. The molecule has 0 amide bonds. The van der Waals surface area contributed by atoms with E-state index in [1.807, 2.05) is 25.1 Å². The molecule has 1 heterocycles. The third kappa shape index (κ3) is 4.94. The number of benzene rings is 1. The topological polar surface area (TPSA) is 76.1 Å². The Bertz CT molecular complexity index is 738. The number of hydrogen-bond donors (Lipinski definition) is 2. The number of carbonyl (C=O) groups excluding carboxylic acids is 1. The van der Waals surface area contributed by atoms with Crippen molar-refractivity contribution < 1.29 is 9.53 Å². The minimum absolute atomic E-state index is 0.349. The smallest absolute Gasteiger partial charge is 0.337 e. The molecule has 1 aromatic heterocycles. The standard InChI is InChI=1S/C20H26N4O2/c1-14-13-18(22-16-7-5-3-4-6-8-16)24-20(21-14)23-17-11-9-15(10-12-17)19(25)26-2/h9-13,16H,3-8H2,1-2H3,(H2,21,22,23,24). The summed E-state index contributed by atoms with van der Waals surface area (Å²) in [6.07, 6.45) is 7.60. The quantitative estimate of drug-likeness (QED) is 0.610. The Morgan fingerprint density at radius 3 is 2.42 bits per heavy atom. The highest BCUT2D eigenvalue weighted by atomic mass is 16.5. The van der Waals surface area contributed by atoms with Crippen molar-refractivity contribution >= 4 is 23.4 Å². The molecule has 6 nitrogen and oxygen atoms in total. The lowest BCUT2D eigenvalue weighted by Gasteiger charge is -2.17. The molecule has 6 heteroatoms. The molecule has 1 aliphatic carbocycles. The van der Waals surface area contributed by atoms with Gasteiger partial charge in [0.25, 0.3) is 0 Å². The number of anilines is 3. The van der Waals surface area contributed by atoms with E-state index in [1.165, 1.54) is 45.6 Å². The minimum atomic E-state index is -0.349. The Morgan fingerprint density at radius 2 is 1.77 bits per heavy atom. The van der Waals surface area contributed by atoms with Crippen LogP contribution < -0.4 is 10.6 Å². The zero-order valence-electron chi connectivity index (χ0n) is 15.4. The molecule has 1 aromatic carbocycles. The van der Waals surface area contributed by atoms with Gasteiger partial charge in [0.2, 0.25) is 5.95 Å². The van der Waals surface area contributed by atoms with Gasteiger partial charge in [-0.1, -0.05) is 25.7 Å². The first-order valence-electron chi connectivity index (χ1n) is 9.21. The fraction of sp³-hybridized carbons (Fsp3) is 0.450. The van der Waals surface area contributed by atoms with Crippen molar-refractivity contribution in [3.8, 4) is 0 Å². The molecule has 138 valence electrons. The number of ether oxygens (including phenoxy) is 1. The van der Waals surface area contributed by atoms with Crippen LogP contribution in [0.3, 0.4) is 0 Å². The van der Waals surface area contributed by atoms with Crippen LogP contribution in [-0.2, 0) is 4.74 Å². The number of aromatic nitrogens is 2. The van der Waals surface area contributed by atoms with Crippen molar-refractivity contribution in [2.24, 2.45) is 0 Å². The maximum atomic E-state index is 11.5. The first kappa shape index (κ1) is 18.2. The predicted octanol–water partition coefficient (Wildman–Crippen LogP) is 4.45. The minimum Gasteiger partial charge on any atom is -0.465 e. The largest absolute Gasteiger partial charge is 0.465 e. The fourth-order valence-corrected chi connectivity index (χ4v) is 3.27. The Hall–Kier alpha value is -2.63. The second-order valence-corrected chi connectivity index (χ2v) is 6.74. The third-order valence-electron chi connectivity index (χ3n) is 4.62. The van der Waals surface area contributed by atoms with E-state index in [4.69, 9.17) is 4.74 Å². The molecule has 0 aliphatic heterocycles. The molecule has 1 aliphatic rings. The van der Waals surface area contributed by atoms with E-state index >= 15 is 0 Å². The van der Waals surface area contributed by atoms with Crippen molar-refractivity contribution in [2.45, 2.75) is 51.5 Å². The van der Waals surface area contributed by atoms with E-state index in [-0.39, 0.29) is 5.97 Å². The van der Waals surface area contributed by atoms with Crippen LogP contribution in [0.1, 0.15) is 54.6 Å². The van der Waals surface area contributed by atoms with Gasteiger partial charge in [-0.2, -0.15) is 4.98 Å². The van der Waals surface area contributed by atoms with E-state index < -0.39 is 0 Å².